The molecule has 2 rings (SSSR count). The van der Waals surface area contributed by atoms with E-state index < -0.39 is 0 Å². The van der Waals surface area contributed by atoms with E-state index in [2.05, 4.69) is 27.0 Å². The summed E-state index contributed by atoms with van der Waals surface area (Å²) in [5, 5.41) is 12.7. The second kappa shape index (κ2) is 4.20. The Bertz CT molecular complexity index is 499. The smallest absolute Gasteiger partial charge is 0.0821 e. The number of rotatable bonds is 3. The van der Waals surface area contributed by atoms with Gasteiger partial charge in [-0.15, -0.1) is 0 Å². The number of hydrogen-bond acceptors (Lipinski definition) is 1. The van der Waals surface area contributed by atoms with Gasteiger partial charge in [-0.25, -0.2) is 0 Å². The van der Waals surface area contributed by atoms with Crippen LogP contribution in [0.1, 0.15) is 5.56 Å². The highest BCUT2D eigenvalue weighted by molar-refractivity contribution is 9.10. The monoisotopic (exact) mass is 282 g/mol. The lowest BCUT2D eigenvalue weighted by atomic mass is 10.1. The Kier molecular flexibility index (Phi) is 3.06. The summed E-state index contributed by atoms with van der Waals surface area (Å²) in [6.07, 6.45) is 2.79. The average Bonchev–Trinajstić information content (AvgIpc) is 2.56. The van der Waals surface area contributed by atoms with Gasteiger partial charge in [0.15, 0.2) is 0 Å². The lowest BCUT2D eigenvalue weighted by Crippen LogP contribution is -2.34. The molecule has 1 aromatic carbocycles. The zero-order valence-electron chi connectivity index (χ0n) is 9.46. The van der Waals surface area contributed by atoms with E-state index in [1.165, 1.54) is 10.9 Å². The summed E-state index contributed by atoms with van der Waals surface area (Å²) in [6, 6.07) is 6.14. The number of aromatic nitrogens is 1. The molecule has 0 unspecified atom stereocenters. The summed E-state index contributed by atoms with van der Waals surface area (Å²) in [4.78, 5) is 3.22. The number of hydroxylamine groups is 3. The number of likely N-dealkylation sites (N-methyl/N-ethyl adjacent to an activating group) is 1. The molecule has 1 heterocycles. The van der Waals surface area contributed by atoms with Crippen molar-refractivity contribution in [3.05, 3.63) is 39.6 Å². The van der Waals surface area contributed by atoms with Gasteiger partial charge >= 0.3 is 0 Å². The maximum Gasteiger partial charge on any atom is 0.0821 e. The fourth-order valence-electron chi connectivity index (χ4n) is 1.75. The average molecular weight is 283 g/mol. The Morgan fingerprint density at radius 3 is 2.81 bits per heavy atom. The fraction of sp³-hybridized carbons (Fsp3) is 0.333. The highest BCUT2D eigenvalue weighted by Gasteiger charge is 2.08. The summed E-state index contributed by atoms with van der Waals surface area (Å²) in [5.74, 6) is 0. The molecule has 0 radical (unpaired) electrons. The van der Waals surface area contributed by atoms with E-state index in [9.17, 15) is 5.21 Å². The number of quaternary nitrogens is 1. The minimum Gasteiger partial charge on any atom is -0.633 e. The van der Waals surface area contributed by atoms with Gasteiger partial charge in [-0.05, 0) is 23.8 Å². The number of nitrogens with zero attached hydrogens (tertiary/aromatic N) is 1. The van der Waals surface area contributed by atoms with Gasteiger partial charge in [0.2, 0.25) is 0 Å². The fourth-order valence-corrected chi connectivity index (χ4v) is 2.11. The van der Waals surface area contributed by atoms with Crippen molar-refractivity contribution < 1.29 is 4.65 Å². The number of hydrogen-bond donors (Lipinski definition) is 1. The third-order valence-electron chi connectivity index (χ3n) is 2.65. The third kappa shape index (κ3) is 2.64. The molecule has 0 fully saturated rings. The number of benzene rings is 1. The molecule has 0 atom stereocenters. The van der Waals surface area contributed by atoms with E-state index in [0.29, 0.717) is 6.54 Å². The highest BCUT2D eigenvalue weighted by Crippen LogP contribution is 2.23. The Hall–Kier alpha value is -0.840. The summed E-state index contributed by atoms with van der Waals surface area (Å²) in [5.41, 5.74) is 2.33. The number of nitrogens with one attached hydrogen (secondary N) is 1. The van der Waals surface area contributed by atoms with Crippen molar-refractivity contribution in [2.45, 2.75) is 6.42 Å². The summed E-state index contributed by atoms with van der Waals surface area (Å²) < 4.78 is 0.817. The van der Waals surface area contributed by atoms with E-state index in [0.717, 1.165) is 16.4 Å². The van der Waals surface area contributed by atoms with Crippen LogP contribution in [0, 0.1) is 5.21 Å². The van der Waals surface area contributed by atoms with Crippen molar-refractivity contribution >= 4 is 26.8 Å². The Morgan fingerprint density at radius 1 is 1.38 bits per heavy atom. The topological polar surface area (TPSA) is 38.8 Å². The predicted octanol–water partition coefficient (Wildman–Crippen LogP) is 3.05. The predicted molar refractivity (Wildman–Crippen MR) is 70.0 cm³/mol. The molecule has 4 heteroatoms. The quantitative estimate of drug-likeness (QED) is 0.682. The van der Waals surface area contributed by atoms with E-state index in [-0.39, 0.29) is 4.65 Å². The third-order valence-corrected chi connectivity index (χ3v) is 3.14. The molecule has 86 valence electrons. The zero-order valence-corrected chi connectivity index (χ0v) is 11.0. The molecule has 0 saturated heterocycles. The minimum atomic E-state index is -0.249. The van der Waals surface area contributed by atoms with Crippen LogP contribution in [-0.4, -0.2) is 30.3 Å². The largest absolute Gasteiger partial charge is 0.633 e. The van der Waals surface area contributed by atoms with Crippen molar-refractivity contribution in [1.82, 2.24) is 4.98 Å². The van der Waals surface area contributed by atoms with Crippen LogP contribution < -0.4 is 0 Å². The van der Waals surface area contributed by atoms with Crippen LogP contribution in [0.3, 0.4) is 0 Å². The van der Waals surface area contributed by atoms with Gasteiger partial charge in [-0.2, -0.15) is 0 Å². The zero-order chi connectivity index (χ0) is 11.8. The Morgan fingerprint density at radius 2 is 2.12 bits per heavy atom. The van der Waals surface area contributed by atoms with Crippen LogP contribution in [0.25, 0.3) is 10.9 Å². The molecule has 0 spiro atoms. The standard InChI is InChI=1S/C12H15BrN2O/c1-15(2,16)6-5-9-8-14-12-4-3-10(13)7-11(9)12/h3-4,7-8,14H,5-6H2,1-2H3. The lowest BCUT2D eigenvalue weighted by Gasteiger charge is -2.33. The number of fused-ring (bicyclic) bond motifs is 1. The van der Waals surface area contributed by atoms with E-state index in [4.69, 9.17) is 0 Å². The van der Waals surface area contributed by atoms with Crippen LogP contribution in [0.5, 0.6) is 0 Å². The normalized spacial score (nSPS) is 12.2. The minimum absolute atomic E-state index is 0.249. The summed E-state index contributed by atoms with van der Waals surface area (Å²) >= 11 is 3.46. The van der Waals surface area contributed by atoms with E-state index in [1.54, 1.807) is 14.1 Å². The first-order valence-corrected chi connectivity index (χ1v) is 6.04. The van der Waals surface area contributed by atoms with Gasteiger partial charge < -0.3 is 14.8 Å². The first kappa shape index (κ1) is 11.6. The Labute approximate surface area is 103 Å². The van der Waals surface area contributed by atoms with Crippen molar-refractivity contribution in [3.63, 3.8) is 0 Å². The molecular weight excluding hydrogens is 268 g/mol. The van der Waals surface area contributed by atoms with Gasteiger partial charge in [0.25, 0.3) is 0 Å². The number of H-pyrrole nitrogens is 1. The van der Waals surface area contributed by atoms with Crippen molar-refractivity contribution in [3.8, 4) is 0 Å². The van der Waals surface area contributed by atoms with Gasteiger partial charge in [-0.3, -0.25) is 0 Å². The maximum absolute atomic E-state index is 11.5. The van der Waals surface area contributed by atoms with Gasteiger partial charge in [0, 0.05) is 28.0 Å². The molecule has 0 bridgehead atoms. The van der Waals surface area contributed by atoms with Gasteiger partial charge in [0.05, 0.1) is 20.6 Å². The highest BCUT2D eigenvalue weighted by atomic mass is 79.9. The summed E-state index contributed by atoms with van der Waals surface area (Å²) in [6.45, 7) is 0.597. The van der Waals surface area contributed by atoms with Crippen LogP contribution in [0.2, 0.25) is 0 Å². The van der Waals surface area contributed by atoms with Crippen LogP contribution in [0.4, 0.5) is 0 Å². The molecule has 0 aliphatic rings. The SMILES string of the molecule is C[N+](C)([O-])CCc1c[nH]c2ccc(Br)cc12. The second-order valence-corrected chi connectivity index (χ2v) is 5.47. The number of aromatic amines is 1. The maximum atomic E-state index is 11.5. The van der Waals surface area contributed by atoms with Crippen molar-refractivity contribution in [1.29, 1.82) is 0 Å². The summed E-state index contributed by atoms with van der Waals surface area (Å²) in [7, 11) is 3.34. The molecule has 3 nitrogen and oxygen atoms in total. The molecule has 16 heavy (non-hydrogen) atoms. The van der Waals surface area contributed by atoms with E-state index in [1.807, 2.05) is 18.3 Å². The van der Waals surface area contributed by atoms with Crippen LogP contribution in [-0.2, 0) is 6.42 Å². The molecule has 0 aliphatic carbocycles. The number of halogens is 1. The van der Waals surface area contributed by atoms with Gasteiger partial charge in [0.1, 0.15) is 0 Å². The first-order chi connectivity index (χ1) is 7.46. The molecule has 0 saturated carbocycles. The molecule has 0 amide bonds. The van der Waals surface area contributed by atoms with Crippen LogP contribution >= 0.6 is 15.9 Å². The lowest BCUT2D eigenvalue weighted by molar-refractivity contribution is -0.839. The molecular formula is C12H15BrN2O. The van der Waals surface area contributed by atoms with Crippen LogP contribution in [0.15, 0.2) is 28.9 Å². The molecule has 1 aromatic heterocycles. The Balaban J connectivity index is 2.28. The molecule has 1 N–H and O–H groups in total. The van der Waals surface area contributed by atoms with Crippen molar-refractivity contribution in [2.24, 2.45) is 0 Å². The van der Waals surface area contributed by atoms with E-state index >= 15 is 0 Å². The second-order valence-electron chi connectivity index (χ2n) is 4.55. The molecule has 2 aromatic rings. The first-order valence-electron chi connectivity index (χ1n) is 5.25. The molecule has 0 aliphatic heterocycles. The van der Waals surface area contributed by atoms with Crippen molar-refractivity contribution in [2.75, 3.05) is 20.6 Å². The van der Waals surface area contributed by atoms with Gasteiger partial charge in [-0.1, -0.05) is 15.9 Å².